The van der Waals surface area contributed by atoms with Crippen molar-refractivity contribution >= 4 is 104 Å². The van der Waals surface area contributed by atoms with Crippen molar-refractivity contribution in [3.63, 3.8) is 0 Å². The maximum Gasteiger partial charge on any atom is 3.00 e. The van der Waals surface area contributed by atoms with Crippen LogP contribution in [0.1, 0.15) is 0 Å². The summed E-state index contributed by atoms with van der Waals surface area (Å²) in [7, 11) is -4.17. The summed E-state index contributed by atoms with van der Waals surface area (Å²) in [4.78, 5) is 10.4. The summed E-state index contributed by atoms with van der Waals surface area (Å²) in [5.41, 5.74) is 0. The number of benzene rings is 8. The zero-order chi connectivity index (χ0) is 42.5. The first kappa shape index (κ1) is 49.0. The number of hydrogen-bond acceptors (Lipinski definition) is 2. The van der Waals surface area contributed by atoms with Crippen LogP contribution in [0.4, 0.5) is 0 Å². The quantitative estimate of drug-likeness (QED) is 0.140. The maximum atomic E-state index is 8.97. The summed E-state index contributed by atoms with van der Waals surface area (Å²) in [6.45, 7) is 0. The Bertz CT molecular complexity index is 2110. The van der Waals surface area contributed by atoms with E-state index < -0.39 is 69.0 Å². The standard InChI is InChI=1S/2C26H24As2.H2O4S.Rh/c2*1-5-13-23(14-6-1)27(24-15-7-2-8-16-24)21-22-28(25-17-9-3-10-18-25)26-19-11-4-12-20-26;1-5(2,3)4;/h2*1-22,27-28H;(H2,1,2,3,4);/q;;;+3/p+2. The topological polar surface area (TPSA) is 79.9 Å². The smallest absolute Gasteiger partial charge is 0.270 e. The van der Waals surface area contributed by atoms with Crippen molar-refractivity contribution in [3.05, 3.63) is 262 Å². The Morgan fingerprint density at radius 3 is 0.452 bits per heavy atom. The van der Waals surface area contributed by atoms with Gasteiger partial charge in [0.1, 0.15) is 0 Å². The first-order chi connectivity index (χ1) is 29.8. The Morgan fingerprint density at radius 1 is 0.258 bits per heavy atom. The van der Waals surface area contributed by atoms with Crippen molar-refractivity contribution in [1.29, 1.82) is 0 Å². The third-order valence-electron chi connectivity index (χ3n) is 9.51. The van der Waals surface area contributed by atoms with Crippen LogP contribution in [0.3, 0.4) is 0 Å². The minimum Gasteiger partial charge on any atom is -0.270 e. The predicted molar refractivity (Wildman–Crippen MR) is 272 cm³/mol. The molecule has 0 aromatic heterocycles. The van der Waals surface area contributed by atoms with E-state index in [1.807, 2.05) is 0 Å². The van der Waals surface area contributed by atoms with Gasteiger partial charge in [-0.2, -0.15) is 0 Å². The molecule has 0 saturated heterocycles. The number of hydrogen-bond donors (Lipinski definition) is 0. The average Bonchev–Trinajstić information content (AvgIpc) is 3.31. The molecule has 0 heterocycles. The Morgan fingerprint density at radius 2 is 0.355 bits per heavy atom. The molecule has 0 spiro atoms. The van der Waals surface area contributed by atoms with Gasteiger partial charge in [0.25, 0.3) is 0 Å². The summed E-state index contributed by atoms with van der Waals surface area (Å²) in [6.07, 6.45) is 0. The van der Waals surface area contributed by atoms with Gasteiger partial charge in [-0.1, -0.05) is 8.42 Å². The molecule has 8 aromatic rings. The Kier molecular flexibility index (Phi) is 21.0. The van der Waals surface area contributed by atoms with Gasteiger partial charge in [-0.3, -0.25) is 9.11 Å². The van der Waals surface area contributed by atoms with Crippen molar-refractivity contribution in [2.45, 2.75) is 0 Å². The molecule has 0 amide bonds. The fraction of sp³-hybridized carbons (Fsp3) is 0. The third-order valence-corrected chi connectivity index (χ3v) is 32.7. The molecular formula is C52H52As4O4RhS+5. The van der Waals surface area contributed by atoms with E-state index >= 15 is 0 Å². The van der Waals surface area contributed by atoms with Crippen LogP contribution in [-0.2, 0) is 29.9 Å². The van der Waals surface area contributed by atoms with E-state index in [1.165, 1.54) is 34.8 Å². The molecule has 0 fully saturated rings. The second kappa shape index (κ2) is 26.6. The maximum absolute atomic E-state index is 8.97. The molecule has 0 aliphatic carbocycles. The van der Waals surface area contributed by atoms with Crippen LogP contribution in [0.5, 0.6) is 0 Å². The molecule has 4 radical (unpaired) electrons. The van der Waals surface area contributed by atoms with Gasteiger partial charge < -0.3 is 0 Å². The Labute approximate surface area is 398 Å². The molecule has 8 aromatic carbocycles. The minimum atomic E-state index is -4.17. The molecule has 0 unspecified atom stereocenters. The van der Waals surface area contributed by atoms with E-state index in [9.17, 15) is 0 Å². The fourth-order valence-corrected chi connectivity index (χ4v) is 30.7. The monoisotopic (exact) mass is 1170 g/mol. The van der Waals surface area contributed by atoms with Crippen LogP contribution in [0.25, 0.3) is 0 Å². The van der Waals surface area contributed by atoms with E-state index in [-0.39, 0.29) is 19.5 Å². The van der Waals surface area contributed by atoms with Crippen LogP contribution in [0.2, 0.25) is 0 Å². The van der Waals surface area contributed by atoms with E-state index in [4.69, 9.17) is 17.5 Å². The summed E-state index contributed by atoms with van der Waals surface area (Å²) in [5, 5.41) is 0. The summed E-state index contributed by atoms with van der Waals surface area (Å²) < 4.78 is 41.1. The molecular weight excluding hydrogens is 1120 g/mol. The molecule has 0 aliphatic heterocycles. The predicted octanol–water partition coefficient (Wildman–Crippen LogP) is 3.09. The molecule has 10 heteroatoms. The van der Waals surface area contributed by atoms with Gasteiger partial charge in [0.05, 0.1) is 0 Å². The van der Waals surface area contributed by atoms with Gasteiger partial charge in [-0.05, 0) is 0 Å². The second-order valence-electron chi connectivity index (χ2n) is 13.8. The van der Waals surface area contributed by atoms with Gasteiger partial charge in [0.2, 0.25) is 0 Å². The van der Waals surface area contributed by atoms with E-state index in [0.29, 0.717) is 0 Å². The van der Waals surface area contributed by atoms with Crippen LogP contribution in [0.15, 0.2) is 262 Å². The van der Waals surface area contributed by atoms with Crippen LogP contribution in [0, 0.1) is 0 Å². The van der Waals surface area contributed by atoms with Crippen molar-refractivity contribution in [2.24, 2.45) is 0 Å². The fourth-order valence-electron chi connectivity index (χ4n) is 6.71. The van der Waals surface area contributed by atoms with Crippen LogP contribution < -0.4 is 34.8 Å². The van der Waals surface area contributed by atoms with Crippen LogP contribution >= 0.6 is 0 Å². The van der Waals surface area contributed by atoms with Gasteiger partial charge in [0.15, 0.2) is 0 Å². The summed E-state index contributed by atoms with van der Waals surface area (Å²) in [5.74, 6) is 0. The molecule has 4 nitrogen and oxygen atoms in total. The van der Waals surface area contributed by atoms with Crippen molar-refractivity contribution < 1.29 is 37.0 Å². The largest absolute Gasteiger partial charge is 3.00 e. The molecule has 0 aliphatic rings. The molecule has 4 N–H and O–H groups in total. The van der Waals surface area contributed by atoms with Gasteiger partial charge in [0, 0.05) is 0 Å². The van der Waals surface area contributed by atoms with Gasteiger partial charge in [-0.25, -0.2) is 0 Å². The van der Waals surface area contributed by atoms with E-state index in [1.54, 1.807) is 0 Å². The Balaban J connectivity index is 0.000000208. The van der Waals surface area contributed by atoms with Gasteiger partial charge >= 0.3 is 385 Å². The summed E-state index contributed by atoms with van der Waals surface area (Å²) >= 11 is -6.90. The molecule has 314 valence electrons. The SMILES string of the molecule is C(=C[AsH](c1ccccc1)c1ccccc1)[AsH](c1ccccc1)c1ccccc1.C(=C[AsH](c1ccccc1)c1ccccc1)[AsH](c1ccccc1)c1ccccc1.O=S(=O)([OH2+])[OH2+].[Rh+3]. The molecule has 62 heavy (non-hydrogen) atoms. The first-order valence-corrected chi connectivity index (χ1v) is 34.6. The number of rotatable bonds is 12. The zero-order valence-electron chi connectivity index (χ0n) is 34.0. The van der Waals surface area contributed by atoms with Crippen molar-refractivity contribution in [3.8, 4) is 0 Å². The van der Waals surface area contributed by atoms with Gasteiger partial charge in [-0.15, -0.1) is 0 Å². The summed E-state index contributed by atoms with van der Waals surface area (Å²) in [6, 6.07) is 88.5. The zero-order valence-corrected chi connectivity index (χ0v) is 44.8. The first-order valence-electron chi connectivity index (χ1n) is 19.8. The average molecular weight is 1180 g/mol. The van der Waals surface area contributed by atoms with Crippen molar-refractivity contribution in [2.75, 3.05) is 0 Å². The second-order valence-corrected chi connectivity index (χ2v) is 34.2. The normalized spacial score (nSPS) is 11.2. The van der Waals surface area contributed by atoms with Crippen molar-refractivity contribution in [1.82, 2.24) is 0 Å². The molecule has 0 saturated carbocycles. The Hall–Kier alpha value is -4.03. The van der Waals surface area contributed by atoms with Crippen LogP contribution in [-0.4, -0.2) is 76.1 Å². The van der Waals surface area contributed by atoms with E-state index in [0.717, 1.165) is 0 Å². The molecule has 0 bridgehead atoms. The minimum absolute atomic E-state index is 0. The van der Waals surface area contributed by atoms with E-state index in [2.05, 4.69) is 262 Å². The molecule has 0 atom stereocenters. The third kappa shape index (κ3) is 16.3. The molecule has 8 rings (SSSR count).